The Labute approximate surface area is 175 Å². The molecule has 0 saturated carbocycles. The Kier molecular flexibility index (Phi) is 6.59. The summed E-state index contributed by atoms with van der Waals surface area (Å²) in [6.45, 7) is 5.56. The Morgan fingerprint density at radius 3 is 2.41 bits per heavy atom. The molecule has 0 saturated heterocycles. The Morgan fingerprint density at radius 2 is 1.72 bits per heavy atom. The van der Waals surface area contributed by atoms with Crippen molar-refractivity contribution in [2.45, 2.75) is 37.9 Å². The minimum atomic E-state index is -0.521. The van der Waals surface area contributed by atoms with Crippen LogP contribution in [-0.2, 0) is 16.0 Å². The Morgan fingerprint density at radius 1 is 1.03 bits per heavy atom. The van der Waals surface area contributed by atoms with E-state index in [4.69, 9.17) is 9.47 Å². The van der Waals surface area contributed by atoms with Crippen molar-refractivity contribution < 1.29 is 14.3 Å². The smallest absolute Gasteiger partial charge is 0.316 e. The predicted octanol–water partition coefficient (Wildman–Crippen LogP) is 4.30. The quantitative estimate of drug-likeness (QED) is 0.427. The molecule has 29 heavy (non-hydrogen) atoms. The number of methoxy groups -OCH3 is 1. The number of hydrogen-bond acceptors (Lipinski definition) is 6. The molecule has 0 spiro atoms. The van der Waals surface area contributed by atoms with Gasteiger partial charge in [0.1, 0.15) is 17.2 Å². The Balaban J connectivity index is 1.93. The van der Waals surface area contributed by atoms with Crippen molar-refractivity contribution >= 4 is 17.7 Å². The average Bonchev–Trinajstić information content (AvgIpc) is 3.08. The molecule has 152 valence electrons. The van der Waals surface area contributed by atoms with Crippen LogP contribution in [0, 0.1) is 0 Å². The molecule has 0 aliphatic heterocycles. The molecule has 0 unspecified atom stereocenters. The lowest BCUT2D eigenvalue weighted by Crippen LogP contribution is -2.25. The van der Waals surface area contributed by atoms with Gasteiger partial charge in [0.15, 0.2) is 5.16 Å². The van der Waals surface area contributed by atoms with Gasteiger partial charge in [0.25, 0.3) is 0 Å². The van der Waals surface area contributed by atoms with Crippen molar-refractivity contribution in [2.24, 2.45) is 0 Å². The van der Waals surface area contributed by atoms with Gasteiger partial charge in [-0.05, 0) is 38.5 Å². The number of ether oxygens (including phenoxy) is 2. The number of rotatable bonds is 7. The van der Waals surface area contributed by atoms with Gasteiger partial charge >= 0.3 is 5.97 Å². The van der Waals surface area contributed by atoms with E-state index in [9.17, 15) is 4.79 Å². The number of benzene rings is 2. The van der Waals surface area contributed by atoms with Gasteiger partial charge in [-0.1, -0.05) is 54.2 Å². The van der Waals surface area contributed by atoms with E-state index < -0.39 is 5.60 Å². The molecule has 0 fully saturated rings. The topological polar surface area (TPSA) is 66.2 Å². The first kappa shape index (κ1) is 20.9. The van der Waals surface area contributed by atoms with Gasteiger partial charge in [-0.25, -0.2) is 0 Å². The molecule has 0 atom stereocenters. The second-order valence-electron chi connectivity index (χ2n) is 7.44. The van der Waals surface area contributed by atoms with E-state index in [0.29, 0.717) is 17.3 Å². The fourth-order valence-electron chi connectivity index (χ4n) is 2.84. The van der Waals surface area contributed by atoms with Gasteiger partial charge in [0.05, 0.1) is 18.6 Å². The maximum Gasteiger partial charge on any atom is 0.316 e. The first-order valence-electron chi connectivity index (χ1n) is 9.33. The van der Waals surface area contributed by atoms with Crippen LogP contribution in [0.4, 0.5) is 0 Å². The minimum absolute atomic E-state index is 0.149. The normalized spacial score (nSPS) is 11.3. The molecule has 2 aromatic carbocycles. The lowest BCUT2D eigenvalue weighted by molar-refractivity contribution is -0.151. The molecule has 0 N–H and O–H groups in total. The van der Waals surface area contributed by atoms with Gasteiger partial charge in [0, 0.05) is 6.42 Å². The van der Waals surface area contributed by atoms with E-state index in [0.717, 1.165) is 17.1 Å². The van der Waals surface area contributed by atoms with Crippen molar-refractivity contribution in [3.8, 4) is 11.4 Å². The van der Waals surface area contributed by atoms with E-state index in [1.165, 1.54) is 11.8 Å². The lowest BCUT2D eigenvalue weighted by atomic mass is 10.1. The molecule has 7 heteroatoms. The summed E-state index contributed by atoms with van der Waals surface area (Å²) >= 11 is 1.30. The molecule has 3 aromatic rings. The number of esters is 1. The summed E-state index contributed by atoms with van der Waals surface area (Å²) < 4.78 is 12.9. The molecule has 3 rings (SSSR count). The highest BCUT2D eigenvalue weighted by molar-refractivity contribution is 7.99. The van der Waals surface area contributed by atoms with Crippen LogP contribution in [0.2, 0.25) is 0 Å². The third kappa shape index (κ3) is 5.60. The SMILES string of the molecule is COc1ccccc1-n1c(Cc2ccccc2)nnc1SCC(=O)OC(C)(C)C. The maximum atomic E-state index is 12.2. The standard InChI is InChI=1S/C22H25N3O3S/c1-22(2,3)28-20(26)15-29-21-24-23-19(14-16-10-6-5-7-11-16)25(21)17-12-8-9-13-18(17)27-4/h5-13H,14-15H2,1-4H3. The zero-order chi connectivity index (χ0) is 20.9. The molecule has 1 aromatic heterocycles. The molecule has 0 aliphatic carbocycles. The number of aromatic nitrogens is 3. The van der Waals surface area contributed by atoms with Crippen molar-refractivity contribution in [1.82, 2.24) is 14.8 Å². The fraction of sp³-hybridized carbons (Fsp3) is 0.318. The summed E-state index contributed by atoms with van der Waals surface area (Å²) in [5, 5.41) is 9.36. The highest BCUT2D eigenvalue weighted by Crippen LogP contribution is 2.29. The van der Waals surface area contributed by atoms with Crippen molar-refractivity contribution in [3.63, 3.8) is 0 Å². The first-order valence-corrected chi connectivity index (χ1v) is 10.3. The summed E-state index contributed by atoms with van der Waals surface area (Å²) in [6.07, 6.45) is 0.610. The monoisotopic (exact) mass is 411 g/mol. The summed E-state index contributed by atoms with van der Waals surface area (Å²) in [4.78, 5) is 12.2. The Hall–Kier alpha value is -2.80. The van der Waals surface area contributed by atoms with E-state index in [-0.39, 0.29) is 11.7 Å². The number of nitrogens with zero attached hydrogens (tertiary/aromatic N) is 3. The third-order valence-corrected chi connectivity index (χ3v) is 4.87. The largest absolute Gasteiger partial charge is 0.495 e. The minimum Gasteiger partial charge on any atom is -0.495 e. The first-order chi connectivity index (χ1) is 13.9. The third-order valence-electron chi connectivity index (χ3n) is 3.97. The van der Waals surface area contributed by atoms with Crippen molar-refractivity contribution in [2.75, 3.05) is 12.9 Å². The predicted molar refractivity (Wildman–Crippen MR) is 114 cm³/mol. The van der Waals surface area contributed by atoms with Crippen LogP contribution >= 0.6 is 11.8 Å². The van der Waals surface area contributed by atoms with Crippen LogP contribution in [0.5, 0.6) is 5.75 Å². The fourth-order valence-corrected chi connectivity index (χ4v) is 3.57. The second-order valence-corrected chi connectivity index (χ2v) is 8.39. The van der Waals surface area contributed by atoms with E-state index in [1.807, 2.05) is 67.8 Å². The average molecular weight is 412 g/mol. The van der Waals surface area contributed by atoms with Crippen LogP contribution in [0.3, 0.4) is 0 Å². The van der Waals surface area contributed by atoms with Gasteiger partial charge in [0.2, 0.25) is 0 Å². The Bertz CT molecular complexity index is 965. The van der Waals surface area contributed by atoms with Crippen LogP contribution in [0.1, 0.15) is 32.2 Å². The van der Waals surface area contributed by atoms with Crippen LogP contribution in [0.15, 0.2) is 59.8 Å². The number of thioether (sulfide) groups is 1. The number of hydrogen-bond donors (Lipinski definition) is 0. The molecule has 0 amide bonds. The molecule has 6 nitrogen and oxygen atoms in total. The van der Waals surface area contributed by atoms with E-state index in [2.05, 4.69) is 22.3 Å². The van der Waals surface area contributed by atoms with Crippen molar-refractivity contribution in [1.29, 1.82) is 0 Å². The van der Waals surface area contributed by atoms with Gasteiger partial charge in [-0.2, -0.15) is 0 Å². The summed E-state index contributed by atoms with van der Waals surface area (Å²) in [5.41, 5.74) is 1.43. The molecular weight excluding hydrogens is 386 g/mol. The van der Waals surface area contributed by atoms with E-state index in [1.54, 1.807) is 7.11 Å². The zero-order valence-corrected chi connectivity index (χ0v) is 17.9. The summed E-state index contributed by atoms with van der Waals surface area (Å²) in [7, 11) is 1.63. The number of carbonyl (C=O) groups is 1. The lowest BCUT2D eigenvalue weighted by Gasteiger charge is -2.19. The highest BCUT2D eigenvalue weighted by Gasteiger charge is 2.21. The van der Waals surface area contributed by atoms with Gasteiger partial charge in [-0.3, -0.25) is 9.36 Å². The number of para-hydroxylation sites is 2. The molecule has 0 aliphatic rings. The van der Waals surface area contributed by atoms with Crippen LogP contribution in [0.25, 0.3) is 5.69 Å². The van der Waals surface area contributed by atoms with Crippen molar-refractivity contribution in [3.05, 3.63) is 66.0 Å². The van der Waals surface area contributed by atoms with Gasteiger partial charge < -0.3 is 9.47 Å². The zero-order valence-electron chi connectivity index (χ0n) is 17.1. The maximum absolute atomic E-state index is 12.2. The van der Waals surface area contributed by atoms with Crippen LogP contribution in [-0.4, -0.2) is 39.2 Å². The number of carbonyl (C=O) groups excluding carboxylic acids is 1. The van der Waals surface area contributed by atoms with E-state index >= 15 is 0 Å². The second kappa shape index (κ2) is 9.13. The summed E-state index contributed by atoms with van der Waals surface area (Å²) in [5.74, 6) is 1.34. The molecular formula is C22H25N3O3S. The van der Waals surface area contributed by atoms with Crippen LogP contribution < -0.4 is 4.74 Å². The molecule has 0 radical (unpaired) electrons. The molecule has 1 heterocycles. The van der Waals surface area contributed by atoms with Gasteiger partial charge in [-0.15, -0.1) is 10.2 Å². The molecule has 0 bridgehead atoms. The summed E-state index contributed by atoms with van der Waals surface area (Å²) in [6, 6.07) is 17.8. The highest BCUT2D eigenvalue weighted by atomic mass is 32.2.